The molecule has 0 heterocycles. The van der Waals surface area contributed by atoms with E-state index in [0.29, 0.717) is 5.56 Å². The van der Waals surface area contributed by atoms with Crippen molar-refractivity contribution in [2.24, 2.45) is 0 Å². The van der Waals surface area contributed by atoms with Crippen molar-refractivity contribution in [2.75, 3.05) is 6.54 Å². The number of Topliss-reactive ketones (excluding diaryl/α,β-unsaturated/α-hetero) is 1. The Morgan fingerprint density at radius 1 is 1.16 bits per heavy atom. The van der Waals surface area contributed by atoms with E-state index in [1.165, 1.54) is 0 Å². The maximum atomic E-state index is 11.5. The lowest BCUT2D eigenvalue weighted by Gasteiger charge is -2.13. The molecule has 4 N–H and O–H groups in total. The molecule has 0 saturated heterocycles. The van der Waals surface area contributed by atoms with Crippen molar-refractivity contribution in [2.45, 2.75) is 18.9 Å². The fraction of sp³-hybridized carbons (Fsp3) is 0.308. The minimum Gasteiger partial charge on any atom is -0.478 e. The Balaban J connectivity index is 2.62. The van der Waals surface area contributed by atoms with Crippen LogP contribution in [0.5, 0.6) is 0 Å². The van der Waals surface area contributed by atoms with Gasteiger partial charge in [0, 0.05) is 12.0 Å². The fourth-order valence-corrected chi connectivity index (χ4v) is 1.45. The highest BCUT2D eigenvalue weighted by atomic mass is 16.6. The summed E-state index contributed by atoms with van der Waals surface area (Å²) in [5, 5.41) is 9.04. The smallest absolute Gasteiger partial charge is 0.349 e. The summed E-state index contributed by atoms with van der Waals surface area (Å²) in [5.74, 6) is -2.12. The third kappa shape index (κ3) is 4.89. The Morgan fingerprint density at radius 2 is 1.79 bits per heavy atom. The number of rotatable bonds is 7. The summed E-state index contributed by atoms with van der Waals surface area (Å²) in [6.07, 6.45) is -1.46. The number of benzene rings is 1. The molecule has 6 nitrogen and oxygen atoms in total. The van der Waals surface area contributed by atoms with E-state index >= 15 is 0 Å². The van der Waals surface area contributed by atoms with Gasteiger partial charge in [-0.15, -0.1) is 0 Å². The first-order valence-electron chi connectivity index (χ1n) is 5.82. The molecule has 0 aliphatic carbocycles. The summed E-state index contributed by atoms with van der Waals surface area (Å²) in [6.45, 7) is 0.105. The molecular weight excluding hydrogens is 250 g/mol. The van der Waals surface area contributed by atoms with Gasteiger partial charge in [0.05, 0.1) is 6.42 Å². The van der Waals surface area contributed by atoms with Crippen LogP contribution in [0.25, 0.3) is 0 Å². The van der Waals surface area contributed by atoms with Crippen LogP contribution in [0, 0.1) is 0 Å². The van der Waals surface area contributed by atoms with Crippen LogP contribution in [0.3, 0.4) is 0 Å². The summed E-state index contributed by atoms with van der Waals surface area (Å²) >= 11 is 0. The summed E-state index contributed by atoms with van der Waals surface area (Å²) in [4.78, 5) is 33.6. The molecular formula is C13H16NO5+. The monoisotopic (exact) mass is 266 g/mol. The molecule has 102 valence electrons. The molecule has 1 unspecified atom stereocenters. The van der Waals surface area contributed by atoms with Crippen molar-refractivity contribution in [3.63, 3.8) is 0 Å². The zero-order chi connectivity index (χ0) is 14.3. The Kier molecular flexibility index (Phi) is 5.69. The fourth-order valence-electron chi connectivity index (χ4n) is 1.45. The van der Waals surface area contributed by atoms with Crippen LogP contribution in [0.1, 0.15) is 24.5 Å². The summed E-state index contributed by atoms with van der Waals surface area (Å²) in [6, 6.07) is 8.17. The minimum absolute atomic E-state index is 0.0173. The lowest BCUT2D eigenvalue weighted by molar-refractivity contribution is -0.354. The minimum atomic E-state index is -1.34. The molecule has 0 aliphatic rings. The maximum absolute atomic E-state index is 11.5. The number of carbonyl (C=O) groups is 3. The van der Waals surface area contributed by atoms with Gasteiger partial charge in [-0.3, -0.25) is 9.59 Å². The first kappa shape index (κ1) is 14.8. The van der Waals surface area contributed by atoms with E-state index in [4.69, 9.17) is 9.84 Å². The Hall–Kier alpha value is -2.21. The van der Waals surface area contributed by atoms with E-state index in [1.54, 1.807) is 30.3 Å². The van der Waals surface area contributed by atoms with Crippen molar-refractivity contribution in [3.8, 4) is 0 Å². The third-order valence-electron chi connectivity index (χ3n) is 2.46. The number of esters is 1. The van der Waals surface area contributed by atoms with Crippen LogP contribution >= 0.6 is 0 Å². The van der Waals surface area contributed by atoms with Crippen molar-refractivity contribution in [1.29, 1.82) is 0 Å². The quantitative estimate of drug-likeness (QED) is 0.672. The van der Waals surface area contributed by atoms with E-state index in [2.05, 4.69) is 5.73 Å². The van der Waals surface area contributed by atoms with E-state index in [-0.39, 0.29) is 25.2 Å². The number of quaternary nitrogens is 1. The van der Waals surface area contributed by atoms with Gasteiger partial charge in [0.2, 0.25) is 6.10 Å². The van der Waals surface area contributed by atoms with Gasteiger partial charge in [-0.25, -0.2) is 4.79 Å². The van der Waals surface area contributed by atoms with Crippen molar-refractivity contribution >= 4 is 17.7 Å². The molecule has 0 radical (unpaired) electrons. The number of carboxylic acid groups (broad SMARTS) is 1. The lowest BCUT2D eigenvalue weighted by Crippen LogP contribution is -2.54. The summed E-state index contributed by atoms with van der Waals surface area (Å²) in [5.41, 5.74) is 3.79. The molecule has 0 aromatic heterocycles. The van der Waals surface area contributed by atoms with Gasteiger partial charge >= 0.3 is 11.9 Å². The Bertz CT molecular complexity index is 457. The third-order valence-corrected chi connectivity index (χ3v) is 2.46. The van der Waals surface area contributed by atoms with Crippen LogP contribution in [0.15, 0.2) is 30.3 Å². The van der Waals surface area contributed by atoms with Crippen molar-refractivity contribution < 1.29 is 30.0 Å². The molecule has 0 bridgehead atoms. The average Bonchev–Trinajstić information content (AvgIpc) is 2.42. The molecule has 0 spiro atoms. The van der Waals surface area contributed by atoms with Gasteiger partial charge in [-0.2, -0.15) is 0 Å². The van der Waals surface area contributed by atoms with E-state index in [9.17, 15) is 14.4 Å². The maximum Gasteiger partial charge on any atom is 0.349 e. The highest BCUT2D eigenvalue weighted by Gasteiger charge is 2.24. The molecule has 0 fully saturated rings. The van der Waals surface area contributed by atoms with Gasteiger partial charge in [-0.05, 0) is 0 Å². The van der Waals surface area contributed by atoms with E-state index < -0.39 is 18.0 Å². The standard InChI is InChI=1S/C13H15NO5/c14-8-10(15)6-7-11(16)19-12(13(17)18)9-4-2-1-3-5-9/h1-5,12H,6-8,14H2,(H,17,18)/p+1. The van der Waals surface area contributed by atoms with Crippen LogP contribution < -0.4 is 5.73 Å². The number of hydrogen-bond donors (Lipinski definition) is 2. The highest BCUT2D eigenvalue weighted by Crippen LogP contribution is 2.18. The second kappa shape index (κ2) is 7.27. The largest absolute Gasteiger partial charge is 0.478 e. The number of carboxylic acids is 1. The topological polar surface area (TPSA) is 108 Å². The second-order valence-electron chi connectivity index (χ2n) is 3.91. The number of hydrogen-bond acceptors (Lipinski definition) is 4. The number of ketones is 1. The predicted octanol–water partition coefficient (Wildman–Crippen LogP) is -0.0533. The average molecular weight is 266 g/mol. The Labute approximate surface area is 110 Å². The molecule has 1 aromatic carbocycles. The van der Waals surface area contributed by atoms with Crippen molar-refractivity contribution in [1.82, 2.24) is 0 Å². The highest BCUT2D eigenvalue weighted by molar-refractivity contribution is 5.84. The van der Waals surface area contributed by atoms with Gasteiger partial charge < -0.3 is 15.6 Å². The molecule has 6 heteroatoms. The zero-order valence-corrected chi connectivity index (χ0v) is 10.4. The molecule has 0 saturated carbocycles. The lowest BCUT2D eigenvalue weighted by atomic mass is 10.1. The summed E-state index contributed by atoms with van der Waals surface area (Å²) < 4.78 is 4.88. The van der Waals surface area contributed by atoms with Crippen molar-refractivity contribution in [3.05, 3.63) is 35.9 Å². The van der Waals surface area contributed by atoms with Gasteiger partial charge in [0.1, 0.15) is 6.54 Å². The summed E-state index contributed by atoms with van der Waals surface area (Å²) in [7, 11) is 0. The van der Waals surface area contributed by atoms with Crippen LogP contribution in [0.2, 0.25) is 0 Å². The normalized spacial score (nSPS) is 11.6. The first-order chi connectivity index (χ1) is 9.04. The van der Waals surface area contributed by atoms with Crippen LogP contribution in [-0.2, 0) is 19.1 Å². The number of ether oxygens (including phenoxy) is 1. The molecule has 0 aliphatic heterocycles. The van der Waals surface area contributed by atoms with Gasteiger partial charge in [0.25, 0.3) is 0 Å². The molecule has 1 aromatic rings. The molecule has 1 atom stereocenters. The van der Waals surface area contributed by atoms with E-state index in [0.717, 1.165) is 0 Å². The van der Waals surface area contributed by atoms with Crippen LogP contribution in [-0.4, -0.2) is 29.4 Å². The van der Waals surface area contributed by atoms with Gasteiger partial charge in [0.15, 0.2) is 5.78 Å². The molecule has 1 rings (SSSR count). The number of carbonyl (C=O) groups excluding carboxylic acids is 2. The second-order valence-corrected chi connectivity index (χ2v) is 3.91. The first-order valence-corrected chi connectivity index (χ1v) is 5.82. The van der Waals surface area contributed by atoms with E-state index in [1.807, 2.05) is 0 Å². The van der Waals surface area contributed by atoms with Gasteiger partial charge in [-0.1, -0.05) is 30.3 Å². The number of aliphatic carboxylic acids is 1. The Morgan fingerprint density at radius 3 is 2.32 bits per heavy atom. The zero-order valence-electron chi connectivity index (χ0n) is 10.4. The predicted molar refractivity (Wildman–Crippen MR) is 64.9 cm³/mol. The molecule has 0 amide bonds. The SMILES string of the molecule is [NH3+]CC(=O)CCC(=O)OC(C(=O)O)c1ccccc1. The molecule has 19 heavy (non-hydrogen) atoms. The van der Waals surface area contributed by atoms with Crippen LogP contribution in [0.4, 0.5) is 0 Å².